The van der Waals surface area contributed by atoms with Gasteiger partial charge >= 0.3 is 6.18 Å². The Balaban J connectivity index is 2.18. The fourth-order valence-electron chi connectivity index (χ4n) is 2.52. The van der Waals surface area contributed by atoms with Crippen LogP contribution in [-0.4, -0.2) is 29.8 Å². The molecule has 2 amide bonds. The fraction of sp³-hybridized carbons (Fsp3) is 0.263. The lowest BCUT2D eigenvalue weighted by atomic mass is 10.1. The zero-order valence-electron chi connectivity index (χ0n) is 14.4. The fourth-order valence-corrected chi connectivity index (χ4v) is 2.52. The zero-order chi connectivity index (χ0) is 19.3. The molecule has 7 heteroatoms. The molecule has 0 saturated heterocycles. The number of nitrogens with one attached hydrogen (secondary N) is 1. The van der Waals surface area contributed by atoms with Crippen molar-refractivity contribution in [2.45, 2.75) is 20.0 Å². The predicted molar refractivity (Wildman–Crippen MR) is 93.1 cm³/mol. The van der Waals surface area contributed by atoms with Crippen molar-refractivity contribution in [1.29, 1.82) is 0 Å². The average molecular weight is 364 g/mol. The lowest BCUT2D eigenvalue weighted by Crippen LogP contribution is -2.30. The number of alkyl halides is 3. The van der Waals surface area contributed by atoms with Crippen molar-refractivity contribution in [3.05, 3.63) is 65.2 Å². The first-order valence-electron chi connectivity index (χ1n) is 8.14. The topological polar surface area (TPSA) is 49.4 Å². The first kappa shape index (κ1) is 19.5. The summed E-state index contributed by atoms with van der Waals surface area (Å²) >= 11 is 0. The second kappa shape index (κ2) is 8.03. The van der Waals surface area contributed by atoms with E-state index < -0.39 is 23.2 Å². The standard InChI is InChI=1S/C19H19F3N2O2/c1-3-24(4-2)18(26)13-9-11-14(12-10-13)23-17(25)15-7-5-6-8-16(15)19(20,21)22/h5-12H,3-4H2,1-2H3,(H,23,25). The number of hydrogen-bond acceptors (Lipinski definition) is 2. The molecule has 0 aliphatic heterocycles. The first-order chi connectivity index (χ1) is 12.3. The molecule has 0 fully saturated rings. The van der Waals surface area contributed by atoms with Crippen molar-refractivity contribution in [3.8, 4) is 0 Å². The van der Waals surface area contributed by atoms with Crippen molar-refractivity contribution in [2.24, 2.45) is 0 Å². The monoisotopic (exact) mass is 364 g/mol. The summed E-state index contributed by atoms with van der Waals surface area (Å²) in [5.41, 5.74) is -0.695. The van der Waals surface area contributed by atoms with Crippen LogP contribution in [0.3, 0.4) is 0 Å². The molecule has 2 aromatic rings. The smallest absolute Gasteiger partial charge is 0.339 e. The number of halogens is 3. The van der Waals surface area contributed by atoms with Crippen LogP contribution in [0.2, 0.25) is 0 Å². The Morgan fingerprint density at radius 1 is 0.962 bits per heavy atom. The molecule has 0 aromatic heterocycles. The highest BCUT2D eigenvalue weighted by Crippen LogP contribution is 2.32. The summed E-state index contributed by atoms with van der Waals surface area (Å²) in [5, 5.41) is 2.43. The van der Waals surface area contributed by atoms with Crippen LogP contribution in [-0.2, 0) is 6.18 Å². The Bertz CT molecular complexity index is 782. The summed E-state index contributed by atoms with van der Waals surface area (Å²) in [6, 6.07) is 10.6. The predicted octanol–water partition coefficient (Wildman–Crippen LogP) is 4.44. The molecule has 0 aliphatic carbocycles. The number of carbonyl (C=O) groups is 2. The van der Waals surface area contributed by atoms with E-state index in [1.165, 1.54) is 36.4 Å². The van der Waals surface area contributed by atoms with Crippen molar-refractivity contribution >= 4 is 17.5 Å². The van der Waals surface area contributed by atoms with Crippen LogP contribution in [0.25, 0.3) is 0 Å². The number of amides is 2. The first-order valence-corrected chi connectivity index (χ1v) is 8.14. The summed E-state index contributed by atoms with van der Waals surface area (Å²) < 4.78 is 39.0. The Morgan fingerprint density at radius 3 is 2.08 bits per heavy atom. The van der Waals surface area contributed by atoms with Gasteiger partial charge in [-0.3, -0.25) is 9.59 Å². The van der Waals surface area contributed by atoms with Gasteiger partial charge < -0.3 is 10.2 Å². The van der Waals surface area contributed by atoms with E-state index in [1.54, 1.807) is 4.90 Å². The Hall–Kier alpha value is -2.83. The van der Waals surface area contributed by atoms with Gasteiger partial charge in [0, 0.05) is 24.3 Å². The van der Waals surface area contributed by atoms with E-state index in [9.17, 15) is 22.8 Å². The quantitative estimate of drug-likeness (QED) is 0.853. The highest BCUT2D eigenvalue weighted by atomic mass is 19.4. The van der Waals surface area contributed by atoms with Gasteiger partial charge in [0.2, 0.25) is 0 Å². The van der Waals surface area contributed by atoms with Gasteiger partial charge in [-0.25, -0.2) is 0 Å². The Kier molecular flexibility index (Phi) is 6.02. The SMILES string of the molecule is CCN(CC)C(=O)c1ccc(NC(=O)c2ccccc2C(F)(F)F)cc1. The molecule has 0 unspecified atom stereocenters. The van der Waals surface area contributed by atoms with Gasteiger partial charge in [-0.2, -0.15) is 13.2 Å². The molecule has 4 nitrogen and oxygen atoms in total. The maximum atomic E-state index is 13.0. The minimum absolute atomic E-state index is 0.143. The average Bonchev–Trinajstić information content (AvgIpc) is 2.62. The van der Waals surface area contributed by atoms with E-state index in [0.717, 1.165) is 12.1 Å². The number of nitrogens with zero attached hydrogens (tertiary/aromatic N) is 1. The molecule has 0 heterocycles. The van der Waals surface area contributed by atoms with Crippen LogP contribution in [0.4, 0.5) is 18.9 Å². The minimum atomic E-state index is -4.62. The molecule has 0 atom stereocenters. The summed E-state index contributed by atoms with van der Waals surface area (Å²) in [6.45, 7) is 4.88. The molecule has 2 aromatic carbocycles. The number of benzene rings is 2. The molecular formula is C19H19F3N2O2. The maximum absolute atomic E-state index is 13.0. The van der Waals surface area contributed by atoms with Crippen molar-refractivity contribution in [1.82, 2.24) is 4.90 Å². The zero-order valence-corrected chi connectivity index (χ0v) is 14.4. The van der Waals surface area contributed by atoms with Crippen LogP contribution >= 0.6 is 0 Å². The number of anilines is 1. The minimum Gasteiger partial charge on any atom is -0.339 e. The van der Waals surface area contributed by atoms with E-state index in [1.807, 2.05) is 13.8 Å². The third-order valence-electron chi connectivity index (χ3n) is 3.92. The summed E-state index contributed by atoms with van der Waals surface area (Å²) in [4.78, 5) is 26.1. The third-order valence-corrected chi connectivity index (χ3v) is 3.92. The highest BCUT2D eigenvalue weighted by molar-refractivity contribution is 6.05. The summed E-state index contributed by atoms with van der Waals surface area (Å²) in [6.07, 6.45) is -4.62. The van der Waals surface area contributed by atoms with Gasteiger partial charge in [0.05, 0.1) is 11.1 Å². The van der Waals surface area contributed by atoms with Gasteiger partial charge in [0.25, 0.3) is 11.8 Å². The van der Waals surface area contributed by atoms with Gasteiger partial charge in [-0.1, -0.05) is 12.1 Å². The molecular weight excluding hydrogens is 345 g/mol. The van der Waals surface area contributed by atoms with Gasteiger partial charge in [-0.05, 0) is 50.2 Å². The second-order valence-corrected chi connectivity index (χ2v) is 5.55. The summed E-state index contributed by atoms with van der Waals surface area (Å²) in [5.74, 6) is -1.00. The molecule has 26 heavy (non-hydrogen) atoms. The van der Waals surface area contributed by atoms with Crippen molar-refractivity contribution in [3.63, 3.8) is 0 Å². The van der Waals surface area contributed by atoms with Crippen molar-refractivity contribution < 1.29 is 22.8 Å². The number of hydrogen-bond donors (Lipinski definition) is 1. The molecule has 0 saturated carbocycles. The highest BCUT2D eigenvalue weighted by Gasteiger charge is 2.34. The van der Waals surface area contributed by atoms with Crippen LogP contribution < -0.4 is 5.32 Å². The van der Waals surface area contributed by atoms with Crippen LogP contribution in [0.15, 0.2) is 48.5 Å². The van der Waals surface area contributed by atoms with Gasteiger partial charge in [0.15, 0.2) is 0 Å². The van der Waals surface area contributed by atoms with E-state index in [0.29, 0.717) is 24.3 Å². The van der Waals surface area contributed by atoms with E-state index >= 15 is 0 Å². The Morgan fingerprint density at radius 2 is 1.54 bits per heavy atom. The second-order valence-electron chi connectivity index (χ2n) is 5.55. The van der Waals surface area contributed by atoms with E-state index in [2.05, 4.69) is 5.32 Å². The van der Waals surface area contributed by atoms with Crippen LogP contribution in [0.1, 0.15) is 40.1 Å². The van der Waals surface area contributed by atoms with Crippen molar-refractivity contribution in [2.75, 3.05) is 18.4 Å². The molecule has 0 radical (unpaired) electrons. The lowest BCUT2D eigenvalue weighted by molar-refractivity contribution is -0.137. The molecule has 0 bridgehead atoms. The molecule has 1 N–H and O–H groups in total. The summed E-state index contributed by atoms with van der Waals surface area (Å²) in [7, 11) is 0. The van der Waals surface area contributed by atoms with E-state index in [-0.39, 0.29) is 5.91 Å². The van der Waals surface area contributed by atoms with Gasteiger partial charge in [-0.15, -0.1) is 0 Å². The lowest BCUT2D eigenvalue weighted by Gasteiger charge is -2.18. The largest absolute Gasteiger partial charge is 0.417 e. The van der Waals surface area contributed by atoms with Gasteiger partial charge in [0.1, 0.15) is 0 Å². The molecule has 2 rings (SSSR count). The number of rotatable bonds is 5. The molecule has 0 spiro atoms. The van der Waals surface area contributed by atoms with Crippen LogP contribution in [0, 0.1) is 0 Å². The maximum Gasteiger partial charge on any atom is 0.417 e. The third kappa shape index (κ3) is 4.41. The normalized spacial score (nSPS) is 11.1. The molecule has 0 aliphatic rings. The van der Waals surface area contributed by atoms with E-state index in [4.69, 9.17) is 0 Å². The number of carbonyl (C=O) groups excluding carboxylic acids is 2. The molecule has 138 valence electrons. The Labute approximate surface area is 149 Å². The van der Waals surface area contributed by atoms with Crippen LogP contribution in [0.5, 0.6) is 0 Å².